The van der Waals surface area contributed by atoms with Crippen molar-refractivity contribution in [1.82, 2.24) is 15.0 Å². The van der Waals surface area contributed by atoms with E-state index in [1.807, 2.05) is 0 Å². The van der Waals surface area contributed by atoms with Crippen LogP contribution in [0.4, 0.5) is 10.5 Å². The highest BCUT2D eigenvalue weighted by atomic mass is 16.6. The number of carboxylic acids is 1. The summed E-state index contributed by atoms with van der Waals surface area (Å²) in [6, 6.07) is 6.61. The number of ether oxygens (including phenoxy) is 1. The average molecular weight is 402 g/mol. The van der Waals surface area contributed by atoms with Crippen LogP contribution in [0, 0.1) is 5.92 Å². The van der Waals surface area contributed by atoms with Crippen molar-refractivity contribution in [3.05, 3.63) is 34.8 Å². The quantitative estimate of drug-likeness (QED) is 0.759. The standard InChI is InChI=1S/C18H18N4O7/c23-15(21-7-5-11(6-8-21)16(24)25)13-9-22(18(27)28-13)12-3-1-10(2-4-12)14-19-17(26)29-20-14/h1-4,11,13H,5-9H2,(H,24,25)(H,19,20,26). The third-order valence-corrected chi connectivity index (χ3v) is 5.14. The number of rotatable bonds is 4. The third-order valence-electron chi connectivity index (χ3n) is 5.14. The van der Waals surface area contributed by atoms with Crippen LogP contribution >= 0.6 is 0 Å². The predicted octanol–water partition coefficient (Wildman–Crippen LogP) is 0.678. The van der Waals surface area contributed by atoms with Crippen molar-refractivity contribution in [3.8, 4) is 11.4 Å². The van der Waals surface area contributed by atoms with Gasteiger partial charge in [0.2, 0.25) is 0 Å². The van der Waals surface area contributed by atoms with E-state index in [4.69, 9.17) is 9.84 Å². The Morgan fingerprint density at radius 1 is 1.14 bits per heavy atom. The molecule has 2 amide bonds. The summed E-state index contributed by atoms with van der Waals surface area (Å²) in [5, 5.41) is 12.7. The molecule has 1 aromatic carbocycles. The van der Waals surface area contributed by atoms with E-state index in [2.05, 4.69) is 14.7 Å². The van der Waals surface area contributed by atoms with Gasteiger partial charge in [0.15, 0.2) is 11.9 Å². The number of H-pyrrole nitrogens is 1. The Bertz CT molecular complexity index is 988. The second-order valence-electron chi connectivity index (χ2n) is 6.91. The first kappa shape index (κ1) is 18.7. The minimum atomic E-state index is -0.935. The fourth-order valence-corrected chi connectivity index (χ4v) is 3.51. The lowest BCUT2D eigenvalue weighted by molar-refractivity contribution is -0.147. The molecule has 3 heterocycles. The molecule has 0 spiro atoms. The number of piperidine rings is 1. The molecule has 0 saturated carbocycles. The zero-order chi connectivity index (χ0) is 20.5. The maximum atomic E-state index is 12.7. The van der Waals surface area contributed by atoms with Crippen LogP contribution in [-0.2, 0) is 14.3 Å². The molecular weight excluding hydrogens is 384 g/mol. The Labute approximate surface area is 163 Å². The van der Waals surface area contributed by atoms with E-state index in [9.17, 15) is 19.2 Å². The van der Waals surface area contributed by atoms with Gasteiger partial charge in [-0.15, -0.1) is 0 Å². The lowest BCUT2D eigenvalue weighted by atomic mass is 9.97. The Kier molecular flexibility index (Phi) is 4.79. The second-order valence-corrected chi connectivity index (χ2v) is 6.91. The SMILES string of the molecule is O=C(O)C1CCN(C(=O)C2CN(c3ccc(-c4noc(=O)[nH]4)cc3)C(=O)O2)CC1. The number of amides is 2. The van der Waals surface area contributed by atoms with E-state index in [-0.39, 0.29) is 18.3 Å². The van der Waals surface area contributed by atoms with Crippen LogP contribution in [-0.4, -0.2) is 63.9 Å². The Morgan fingerprint density at radius 2 is 1.83 bits per heavy atom. The monoisotopic (exact) mass is 402 g/mol. The number of anilines is 1. The molecule has 152 valence electrons. The first-order valence-electron chi connectivity index (χ1n) is 9.08. The zero-order valence-electron chi connectivity index (χ0n) is 15.2. The normalized spacial score (nSPS) is 20.0. The molecular formula is C18H18N4O7. The highest BCUT2D eigenvalue weighted by Crippen LogP contribution is 2.26. The summed E-state index contributed by atoms with van der Waals surface area (Å²) >= 11 is 0. The van der Waals surface area contributed by atoms with E-state index in [1.165, 1.54) is 4.90 Å². The number of carbonyl (C=O) groups is 3. The second kappa shape index (κ2) is 7.41. The molecule has 1 aromatic heterocycles. The van der Waals surface area contributed by atoms with E-state index in [0.717, 1.165) is 0 Å². The molecule has 2 saturated heterocycles. The third kappa shape index (κ3) is 3.71. The number of hydrogen-bond acceptors (Lipinski definition) is 7. The Morgan fingerprint density at radius 3 is 2.41 bits per heavy atom. The zero-order valence-corrected chi connectivity index (χ0v) is 15.2. The number of aromatic amines is 1. The van der Waals surface area contributed by atoms with Crippen molar-refractivity contribution in [2.24, 2.45) is 5.92 Å². The summed E-state index contributed by atoms with van der Waals surface area (Å²) in [4.78, 5) is 52.3. The van der Waals surface area contributed by atoms with Crippen molar-refractivity contribution in [1.29, 1.82) is 0 Å². The summed E-state index contributed by atoms with van der Waals surface area (Å²) in [7, 11) is 0. The number of nitrogens with one attached hydrogen (secondary N) is 1. The lowest BCUT2D eigenvalue weighted by Crippen LogP contribution is -2.46. The molecule has 11 nitrogen and oxygen atoms in total. The topological polar surface area (TPSA) is 146 Å². The van der Waals surface area contributed by atoms with E-state index in [0.29, 0.717) is 37.2 Å². The summed E-state index contributed by atoms with van der Waals surface area (Å²) in [5.74, 6) is -2.01. The number of cyclic esters (lactones) is 1. The highest BCUT2D eigenvalue weighted by molar-refractivity contribution is 5.95. The van der Waals surface area contributed by atoms with Crippen LogP contribution in [0.2, 0.25) is 0 Å². The van der Waals surface area contributed by atoms with Crippen LogP contribution in [0.1, 0.15) is 12.8 Å². The molecule has 1 unspecified atom stereocenters. The molecule has 0 bridgehead atoms. The molecule has 2 aliphatic heterocycles. The number of carboxylic acid groups (broad SMARTS) is 1. The van der Waals surface area contributed by atoms with Crippen LogP contribution in [0.15, 0.2) is 33.6 Å². The molecule has 2 fully saturated rings. The smallest absolute Gasteiger partial charge is 0.439 e. The number of benzene rings is 1. The number of hydrogen-bond donors (Lipinski definition) is 2. The van der Waals surface area contributed by atoms with E-state index in [1.54, 1.807) is 29.2 Å². The van der Waals surface area contributed by atoms with Gasteiger partial charge in [0.25, 0.3) is 5.91 Å². The number of aromatic nitrogens is 2. The van der Waals surface area contributed by atoms with Gasteiger partial charge in [-0.05, 0) is 37.1 Å². The maximum Gasteiger partial charge on any atom is 0.439 e. The van der Waals surface area contributed by atoms with Crippen LogP contribution in [0.25, 0.3) is 11.4 Å². The van der Waals surface area contributed by atoms with Gasteiger partial charge in [0.05, 0.1) is 12.5 Å². The molecule has 2 N–H and O–H groups in total. The average Bonchev–Trinajstić information content (AvgIpc) is 3.33. The van der Waals surface area contributed by atoms with Gasteiger partial charge < -0.3 is 14.7 Å². The van der Waals surface area contributed by atoms with Crippen molar-refractivity contribution in [3.63, 3.8) is 0 Å². The predicted molar refractivity (Wildman–Crippen MR) is 97.1 cm³/mol. The molecule has 11 heteroatoms. The van der Waals surface area contributed by atoms with Crippen molar-refractivity contribution < 1.29 is 28.8 Å². The summed E-state index contributed by atoms with van der Waals surface area (Å²) in [6.45, 7) is 0.722. The van der Waals surface area contributed by atoms with Crippen molar-refractivity contribution >= 4 is 23.7 Å². The molecule has 0 aliphatic carbocycles. The summed E-state index contributed by atoms with van der Waals surface area (Å²) in [5.41, 5.74) is 1.13. The molecule has 0 radical (unpaired) electrons. The van der Waals surface area contributed by atoms with Gasteiger partial charge in [-0.25, -0.2) is 9.59 Å². The molecule has 1 atom stereocenters. The molecule has 2 aliphatic rings. The molecule has 4 rings (SSSR count). The van der Waals surface area contributed by atoms with Gasteiger partial charge >= 0.3 is 17.8 Å². The first-order valence-corrected chi connectivity index (χ1v) is 9.08. The first-order chi connectivity index (χ1) is 13.9. The maximum absolute atomic E-state index is 12.7. The molecule has 2 aromatic rings. The summed E-state index contributed by atoms with van der Waals surface area (Å²) < 4.78 is 9.70. The fourth-order valence-electron chi connectivity index (χ4n) is 3.51. The van der Waals surface area contributed by atoms with Crippen LogP contribution in [0.5, 0.6) is 0 Å². The number of likely N-dealkylation sites (tertiary alicyclic amines) is 1. The summed E-state index contributed by atoms with van der Waals surface area (Å²) in [6.07, 6.45) is -0.796. The highest BCUT2D eigenvalue weighted by Gasteiger charge is 2.40. The number of aliphatic carboxylic acids is 1. The fraction of sp³-hybridized carbons (Fsp3) is 0.389. The molecule has 29 heavy (non-hydrogen) atoms. The largest absolute Gasteiger partial charge is 0.481 e. The Balaban J connectivity index is 1.41. The minimum absolute atomic E-state index is 0.0661. The van der Waals surface area contributed by atoms with Crippen LogP contribution < -0.4 is 10.7 Å². The van der Waals surface area contributed by atoms with E-state index < -0.39 is 29.8 Å². The van der Waals surface area contributed by atoms with Gasteiger partial charge in [0.1, 0.15) is 0 Å². The van der Waals surface area contributed by atoms with Gasteiger partial charge in [-0.1, -0.05) is 5.16 Å². The minimum Gasteiger partial charge on any atom is -0.481 e. The van der Waals surface area contributed by atoms with Gasteiger partial charge in [-0.2, -0.15) is 0 Å². The lowest BCUT2D eigenvalue weighted by Gasteiger charge is -2.31. The van der Waals surface area contributed by atoms with Gasteiger partial charge in [0, 0.05) is 24.3 Å². The van der Waals surface area contributed by atoms with Gasteiger partial charge in [-0.3, -0.25) is 24.0 Å². The number of carbonyl (C=O) groups excluding carboxylic acids is 2. The van der Waals surface area contributed by atoms with Crippen LogP contribution in [0.3, 0.4) is 0 Å². The van der Waals surface area contributed by atoms with E-state index >= 15 is 0 Å². The van der Waals surface area contributed by atoms with Crippen molar-refractivity contribution in [2.45, 2.75) is 18.9 Å². The van der Waals surface area contributed by atoms with Crippen molar-refractivity contribution in [2.75, 3.05) is 24.5 Å². The number of nitrogens with zero attached hydrogens (tertiary/aromatic N) is 3. The Hall–Kier alpha value is -3.63.